The van der Waals surface area contributed by atoms with Crippen LogP contribution in [0.3, 0.4) is 0 Å². The second-order valence-corrected chi connectivity index (χ2v) is 11.6. The molecule has 1 aliphatic rings. The number of aromatic nitrogens is 3. The van der Waals surface area contributed by atoms with Crippen LogP contribution in [0.15, 0.2) is 45.8 Å². The van der Waals surface area contributed by atoms with Crippen molar-refractivity contribution in [1.82, 2.24) is 15.2 Å². The van der Waals surface area contributed by atoms with E-state index >= 15 is 0 Å². The molecule has 3 aromatic rings. The highest BCUT2D eigenvalue weighted by atomic mass is 32.2. The fourth-order valence-corrected chi connectivity index (χ4v) is 5.18. The topological polar surface area (TPSA) is 99.4 Å². The van der Waals surface area contributed by atoms with Crippen molar-refractivity contribution in [2.45, 2.75) is 81.6 Å². The number of amides is 1. The van der Waals surface area contributed by atoms with Crippen LogP contribution in [0.25, 0.3) is 11.6 Å². The molecule has 0 unspecified atom stereocenters. The van der Waals surface area contributed by atoms with Gasteiger partial charge >= 0.3 is 18.4 Å². The summed E-state index contributed by atoms with van der Waals surface area (Å²) in [7, 11) is 0. The largest absolute Gasteiger partial charge is 0.444 e. The molecule has 0 spiro atoms. The SMILES string of the molecule is CC(C)(C)OC(=O)Nc1cc(C(F)(F)F)c2nc1-c1nnc(o1)[C@@](OCc1ccccc1)(C(F)(F)F)CCCCCS2. The molecule has 4 rings (SSSR count). The number of hydrogen-bond donors (Lipinski definition) is 1. The summed E-state index contributed by atoms with van der Waals surface area (Å²) < 4.78 is 103. The predicted molar refractivity (Wildman–Crippen MR) is 141 cm³/mol. The summed E-state index contributed by atoms with van der Waals surface area (Å²) in [6, 6.07) is 8.84. The van der Waals surface area contributed by atoms with Crippen LogP contribution in [-0.2, 0) is 27.9 Å². The predicted octanol–water partition coefficient (Wildman–Crippen LogP) is 8.14. The molecular weight excluding hydrogens is 590 g/mol. The van der Waals surface area contributed by atoms with E-state index in [4.69, 9.17) is 13.9 Å². The number of ether oxygens (including phenoxy) is 2. The molecule has 1 N–H and O–H groups in total. The Morgan fingerprint density at radius 3 is 2.40 bits per heavy atom. The zero-order valence-electron chi connectivity index (χ0n) is 22.9. The van der Waals surface area contributed by atoms with Gasteiger partial charge in [0.15, 0.2) is 5.69 Å². The quantitative estimate of drug-likeness (QED) is 0.293. The van der Waals surface area contributed by atoms with Crippen molar-refractivity contribution in [2.75, 3.05) is 11.1 Å². The van der Waals surface area contributed by atoms with Crippen LogP contribution in [0.4, 0.5) is 36.8 Å². The van der Waals surface area contributed by atoms with Crippen LogP contribution in [0.5, 0.6) is 0 Å². The van der Waals surface area contributed by atoms with Crippen LogP contribution in [0.1, 0.15) is 63.5 Å². The molecule has 1 atom stereocenters. The Morgan fingerprint density at radius 2 is 1.76 bits per heavy atom. The van der Waals surface area contributed by atoms with Gasteiger partial charge in [-0.3, -0.25) is 5.32 Å². The maximum Gasteiger partial charge on any atom is 0.426 e. The van der Waals surface area contributed by atoms with Crippen LogP contribution in [0.2, 0.25) is 0 Å². The van der Waals surface area contributed by atoms with Gasteiger partial charge in [0.1, 0.15) is 10.6 Å². The van der Waals surface area contributed by atoms with Gasteiger partial charge in [-0.25, -0.2) is 9.78 Å². The number of carbonyl (C=O) groups excluding carboxylic acids is 1. The Bertz CT molecular complexity index is 1390. The number of hydrogen-bond acceptors (Lipinski definition) is 8. The smallest absolute Gasteiger partial charge is 0.426 e. The van der Waals surface area contributed by atoms with E-state index < -0.39 is 76.4 Å². The lowest BCUT2D eigenvalue weighted by atomic mass is 9.94. The first kappa shape index (κ1) is 31.6. The van der Waals surface area contributed by atoms with Gasteiger partial charge in [-0.2, -0.15) is 26.3 Å². The molecule has 0 saturated carbocycles. The van der Waals surface area contributed by atoms with Crippen LogP contribution in [0, 0.1) is 0 Å². The molecular formula is C27H28F6N4O4S. The fraction of sp³-hybridized carbons (Fsp3) is 0.481. The molecule has 1 aliphatic heterocycles. The molecule has 0 radical (unpaired) electrons. The van der Waals surface area contributed by atoms with E-state index in [1.807, 2.05) is 0 Å². The standard InChI is InChI=1S/C27H28F6N4O4S/c1-24(2,3)41-23(38)34-18-14-17(26(28,29)30)21-35-19(18)20-36-37-22(40-20)25(27(31,32)33,12-8-5-9-13-42-21)39-15-16-10-6-4-7-11-16/h4,6-7,10-11,14H,5,8-9,12-13,15H2,1-3H3,(H,34,38)/t25-/m1/s1. The first-order chi connectivity index (χ1) is 19.6. The number of nitrogens with zero attached hydrogens (tertiary/aromatic N) is 3. The molecule has 1 aromatic carbocycles. The maximum absolute atomic E-state index is 14.8. The molecule has 4 bridgehead atoms. The van der Waals surface area contributed by atoms with E-state index in [0.29, 0.717) is 18.1 Å². The highest BCUT2D eigenvalue weighted by Gasteiger charge is 2.61. The summed E-state index contributed by atoms with van der Waals surface area (Å²) >= 11 is 0.785. The van der Waals surface area contributed by atoms with Crippen molar-refractivity contribution >= 4 is 23.5 Å². The molecule has 42 heavy (non-hydrogen) atoms. The van der Waals surface area contributed by atoms with Gasteiger partial charge in [-0.1, -0.05) is 36.8 Å². The normalized spacial score (nSPS) is 18.4. The Morgan fingerprint density at radius 1 is 1.05 bits per heavy atom. The van der Waals surface area contributed by atoms with E-state index in [2.05, 4.69) is 20.5 Å². The third-order valence-corrected chi connectivity index (χ3v) is 7.18. The number of halogens is 6. The number of nitrogens with one attached hydrogen (secondary N) is 1. The lowest BCUT2D eigenvalue weighted by Crippen LogP contribution is -2.45. The molecule has 0 aliphatic carbocycles. The van der Waals surface area contributed by atoms with Crippen molar-refractivity contribution in [3.05, 3.63) is 53.4 Å². The van der Waals surface area contributed by atoms with Crippen molar-refractivity contribution in [3.63, 3.8) is 0 Å². The number of carbonyl (C=O) groups is 1. The zero-order valence-corrected chi connectivity index (χ0v) is 23.7. The highest BCUT2D eigenvalue weighted by molar-refractivity contribution is 7.99. The first-order valence-corrected chi connectivity index (χ1v) is 13.9. The second-order valence-electron chi connectivity index (χ2n) is 10.5. The molecule has 8 nitrogen and oxygen atoms in total. The molecule has 2 aromatic heterocycles. The lowest BCUT2D eigenvalue weighted by molar-refractivity contribution is -0.300. The molecule has 0 fully saturated rings. The first-order valence-electron chi connectivity index (χ1n) is 12.9. The minimum absolute atomic E-state index is 0.00909. The number of fused-ring (bicyclic) bond motifs is 5. The monoisotopic (exact) mass is 618 g/mol. The van der Waals surface area contributed by atoms with E-state index in [9.17, 15) is 31.1 Å². The lowest BCUT2D eigenvalue weighted by Gasteiger charge is -2.32. The molecule has 0 saturated heterocycles. The fourth-order valence-electron chi connectivity index (χ4n) is 4.15. The van der Waals surface area contributed by atoms with Gasteiger partial charge in [0, 0.05) is 0 Å². The summed E-state index contributed by atoms with van der Waals surface area (Å²) in [6.45, 7) is 4.21. The summed E-state index contributed by atoms with van der Waals surface area (Å²) in [6.07, 6.45) is -11.0. The van der Waals surface area contributed by atoms with Crippen molar-refractivity contribution in [2.24, 2.45) is 0 Å². The Hall–Kier alpha value is -3.33. The van der Waals surface area contributed by atoms with Crippen LogP contribution >= 0.6 is 11.8 Å². The number of alkyl halides is 6. The Labute approximate surface area is 241 Å². The van der Waals surface area contributed by atoms with Crippen molar-refractivity contribution in [1.29, 1.82) is 0 Å². The van der Waals surface area contributed by atoms with E-state index in [0.717, 1.165) is 11.8 Å². The zero-order chi connectivity index (χ0) is 30.8. The number of thioether (sulfide) groups is 1. The molecule has 3 heterocycles. The number of benzene rings is 1. The third kappa shape index (κ3) is 7.35. The minimum atomic E-state index is -5.00. The highest BCUT2D eigenvalue weighted by Crippen LogP contribution is 2.48. The van der Waals surface area contributed by atoms with E-state index in [1.54, 1.807) is 51.1 Å². The van der Waals surface area contributed by atoms with E-state index in [-0.39, 0.29) is 18.6 Å². The third-order valence-electron chi connectivity index (χ3n) is 6.10. The van der Waals surface area contributed by atoms with Crippen LogP contribution in [-0.4, -0.2) is 38.8 Å². The average molecular weight is 619 g/mol. The average Bonchev–Trinajstić information content (AvgIpc) is 3.36. The van der Waals surface area contributed by atoms with Gasteiger partial charge in [0.2, 0.25) is 5.60 Å². The number of anilines is 1. The van der Waals surface area contributed by atoms with Gasteiger partial charge < -0.3 is 13.9 Å². The van der Waals surface area contributed by atoms with Gasteiger partial charge in [-0.15, -0.1) is 22.0 Å². The molecule has 228 valence electrons. The molecule has 15 heteroatoms. The summed E-state index contributed by atoms with van der Waals surface area (Å²) in [5.74, 6) is -1.42. The van der Waals surface area contributed by atoms with Crippen LogP contribution < -0.4 is 5.32 Å². The summed E-state index contributed by atoms with van der Waals surface area (Å²) in [4.78, 5) is 16.6. The Balaban J connectivity index is 1.86. The number of pyridine rings is 1. The number of rotatable bonds is 4. The van der Waals surface area contributed by atoms with Gasteiger partial charge in [-0.05, 0) is 57.4 Å². The van der Waals surface area contributed by atoms with Gasteiger partial charge in [0.05, 0.1) is 17.9 Å². The maximum atomic E-state index is 14.8. The van der Waals surface area contributed by atoms with Crippen molar-refractivity contribution in [3.8, 4) is 11.6 Å². The Kier molecular flexibility index (Phi) is 9.11. The molecule has 1 amide bonds. The van der Waals surface area contributed by atoms with Crippen molar-refractivity contribution < 1.29 is 45.0 Å². The second kappa shape index (κ2) is 12.1. The summed E-state index contributed by atoms with van der Waals surface area (Å²) in [5, 5.41) is 9.11. The van der Waals surface area contributed by atoms with Gasteiger partial charge in [0.25, 0.3) is 11.8 Å². The summed E-state index contributed by atoms with van der Waals surface area (Å²) in [5.41, 5.74) is -5.67. The minimum Gasteiger partial charge on any atom is -0.444 e. The van der Waals surface area contributed by atoms with E-state index in [1.165, 1.54) is 0 Å².